The first-order valence-electron chi connectivity index (χ1n) is 5.59. The zero-order valence-electron chi connectivity index (χ0n) is 9.97. The number of hydrogen-bond donors (Lipinski definition) is 1. The van der Waals surface area contributed by atoms with Crippen molar-refractivity contribution >= 4 is 5.91 Å². The molecule has 0 aromatic rings. The lowest BCUT2D eigenvalue weighted by Crippen LogP contribution is -2.38. The highest BCUT2D eigenvalue weighted by Gasteiger charge is 2.07. The van der Waals surface area contributed by atoms with Gasteiger partial charge in [0, 0.05) is 6.54 Å². The van der Waals surface area contributed by atoms with E-state index < -0.39 is 0 Å². The van der Waals surface area contributed by atoms with Crippen LogP contribution in [0.15, 0.2) is 0 Å². The highest BCUT2D eigenvalue weighted by atomic mass is 16.2. The van der Waals surface area contributed by atoms with E-state index in [-0.39, 0.29) is 5.91 Å². The summed E-state index contributed by atoms with van der Waals surface area (Å²) in [6.45, 7) is 11.7. The minimum Gasteiger partial charge on any atom is -0.355 e. The molecule has 84 valence electrons. The SMILES string of the molecule is CCCN(CC)CC(=O)NCC(C)C. The smallest absolute Gasteiger partial charge is 0.234 e. The Morgan fingerprint density at radius 1 is 1.36 bits per heavy atom. The maximum absolute atomic E-state index is 11.4. The minimum atomic E-state index is 0.147. The van der Waals surface area contributed by atoms with Crippen LogP contribution in [0.1, 0.15) is 34.1 Å². The van der Waals surface area contributed by atoms with Gasteiger partial charge in [0.15, 0.2) is 0 Å². The van der Waals surface area contributed by atoms with Crippen LogP contribution >= 0.6 is 0 Å². The summed E-state index contributed by atoms with van der Waals surface area (Å²) in [5.41, 5.74) is 0. The Hall–Kier alpha value is -0.570. The largest absolute Gasteiger partial charge is 0.355 e. The molecule has 0 saturated heterocycles. The molecule has 1 amide bonds. The van der Waals surface area contributed by atoms with Crippen molar-refractivity contribution in [1.29, 1.82) is 0 Å². The summed E-state index contributed by atoms with van der Waals surface area (Å²) in [5, 5.41) is 2.92. The molecule has 0 aromatic carbocycles. The number of carbonyl (C=O) groups excluding carboxylic acids is 1. The Balaban J connectivity index is 3.67. The van der Waals surface area contributed by atoms with Gasteiger partial charge in [-0.05, 0) is 25.4 Å². The van der Waals surface area contributed by atoms with E-state index in [1.165, 1.54) is 0 Å². The molecule has 3 nitrogen and oxygen atoms in total. The van der Waals surface area contributed by atoms with Crippen LogP contribution < -0.4 is 5.32 Å². The van der Waals surface area contributed by atoms with Crippen molar-refractivity contribution in [2.45, 2.75) is 34.1 Å². The second-order valence-corrected chi connectivity index (χ2v) is 4.07. The second kappa shape index (κ2) is 7.80. The Labute approximate surface area is 87.9 Å². The Kier molecular flexibility index (Phi) is 7.48. The van der Waals surface area contributed by atoms with Crippen molar-refractivity contribution in [1.82, 2.24) is 10.2 Å². The van der Waals surface area contributed by atoms with Crippen LogP contribution in [0.2, 0.25) is 0 Å². The van der Waals surface area contributed by atoms with E-state index in [1.807, 2.05) is 0 Å². The van der Waals surface area contributed by atoms with E-state index in [4.69, 9.17) is 0 Å². The summed E-state index contributed by atoms with van der Waals surface area (Å²) >= 11 is 0. The van der Waals surface area contributed by atoms with Gasteiger partial charge in [-0.2, -0.15) is 0 Å². The predicted molar refractivity (Wildman–Crippen MR) is 60.3 cm³/mol. The number of likely N-dealkylation sites (N-methyl/N-ethyl adjacent to an activating group) is 1. The van der Waals surface area contributed by atoms with Gasteiger partial charge >= 0.3 is 0 Å². The normalized spacial score (nSPS) is 11.0. The summed E-state index contributed by atoms with van der Waals surface area (Å²) in [5.74, 6) is 0.675. The molecule has 0 aliphatic rings. The molecular formula is C11H24N2O. The van der Waals surface area contributed by atoms with Crippen molar-refractivity contribution in [2.24, 2.45) is 5.92 Å². The first-order chi connectivity index (χ1) is 6.60. The Bertz CT molecular complexity index is 157. The number of amides is 1. The zero-order chi connectivity index (χ0) is 11.0. The van der Waals surface area contributed by atoms with Crippen LogP contribution in [-0.4, -0.2) is 37.0 Å². The monoisotopic (exact) mass is 200 g/mol. The van der Waals surface area contributed by atoms with Gasteiger partial charge in [-0.25, -0.2) is 0 Å². The third-order valence-corrected chi connectivity index (χ3v) is 2.06. The molecule has 0 atom stereocenters. The number of hydrogen-bond acceptors (Lipinski definition) is 2. The zero-order valence-corrected chi connectivity index (χ0v) is 9.97. The molecule has 1 N–H and O–H groups in total. The molecule has 0 saturated carbocycles. The van der Waals surface area contributed by atoms with Gasteiger partial charge in [0.2, 0.25) is 5.91 Å². The molecule has 0 bridgehead atoms. The van der Waals surface area contributed by atoms with Crippen LogP contribution in [0.5, 0.6) is 0 Å². The molecule has 0 heterocycles. The molecule has 3 heteroatoms. The molecule has 14 heavy (non-hydrogen) atoms. The van der Waals surface area contributed by atoms with Crippen LogP contribution in [0, 0.1) is 5.92 Å². The van der Waals surface area contributed by atoms with Gasteiger partial charge in [-0.15, -0.1) is 0 Å². The first kappa shape index (κ1) is 13.4. The summed E-state index contributed by atoms with van der Waals surface area (Å²) in [4.78, 5) is 13.6. The molecule has 0 radical (unpaired) electrons. The molecular weight excluding hydrogens is 176 g/mol. The second-order valence-electron chi connectivity index (χ2n) is 4.07. The molecule has 0 rings (SSSR count). The van der Waals surface area contributed by atoms with Gasteiger partial charge in [0.1, 0.15) is 0 Å². The van der Waals surface area contributed by atoms with Crippen molar-refractivity contribution in [2.75, 3.05) is 26.2 Å². The summed E-state index contributed by atoms with van der Waals surface area (Å²) < 4.78 is 0. The lowest BCUT2D eigenvalue weighted by atomic mass is 10.2. The maximum Gasteiger partial charge on any atom is 0.234 e. The van der Waals surface area contributed by atoms with Crippen LogP contribution in [-0.2, 0) is 4.79 Å². The predicted octanol–water partition coefficient (Wildman–Crippen LogP) is 1.49. The topological polar surface area (TPSA) is 32.3 Å². The van der Waals surface area contributed by atoms with Crippen molar-refractivity contribution in [3.63, 3.8) is 0 Å². The quantitative estimate of drug-likeness (QED) is 0.675. The van der Waals surface area contributed by atoms with Gasteiger partial charge in [0.25, 0.3) is 0 Å². The standard InChI is InChI=1S/C11H24N2O/c1-5-7-13(6-2)9-11(14)12-8-10(3)4/h10H,5-9H2,1-4H3,(H,12,14). The molecule has 0 aliphatic carbocycles. The van der Waals surface area contributed by atoms with E-state index in [0.717, 1.165) is 26.1 Å². The fourth-order valence-corrected chi connectivity index (χ4v) is 1.24. The van der Waals surface area contributed by atoms with Crippen molar-refractivity contribution in [3.05, 3.63) is 0 Å². The number of nitrogens with zero attached hydrogens (tertiary/aromatic N) is 1. The fourth-order valence-electron chi connectivity index (χ4n) is 1.24. The molecule has 0 aliphatic heterocycles. The average Bonchev–Trinajstić information content (AvgIpc) is 2.14. The van der Waals surface area contributed by atoms with Crippen LogP contribution in [0.25, 0.3) is 0 Å². The lowest BCUT2D eigenvalue weighted by molar-refractivity contribution is -0.122. The van der Waals surface area contributed by atoms with Crippen molar-refractivity contribution in [3.8, 4) is 0 Å². The number of nitrogens with one attached hydrogen (secondary N) is 1. The van der Waals surface area contributed by atoms with Crippen molar-refractivity contribution < 1.29 is 4.79 Å². The third kappa shape index (κ3) is 6.89. The highest BCUT2D eigenvalue weighted by Crippen LogP contribution is 1.91. The average molecular weight is 200 g/mol. The maximum atomic E-state index is 11.4. The fraction of sp³-hybridized carbons (Fsp3) is 0.909. The molecule has 0 aromatic heterocycles. The Morgan fingerprint density at radius 3 is 2.43 bits per heavy atom. The third-order valence-electron chi connectivity index (χ3n) is 2.06. The summed E-state index contributed by atoms with van der Waals surface area (Å²) in [7, 11) is 0. The number of rotatable bonds is 7. The van der Waals surface area contributed by atoms with Gasteiger partial charge < -0.3 is 5.32 Å². The highest BCUT2D eigenvalue weighted by molar-refractivity contribution is 5.77. The minimum absolute atomic E-state index is 0.147. The lowest BCUT2D eigenvalue weighted by Gasteiger charge is -2.19. The van der Waals surface area contributed by atoms with E-state index >= 15 is 0 Å². The van der Waals surface area contributed by atoms with Gasteiger partial charge in [-0.1, -0.05) is 27.7 Å². The van der Waals surface area contributed by atoms with E-state index in [1.54, 1.807) is 0 Å². The van der Waals surface area contributed by atoms with Gasteiger partial charge in [-0.3, -0.25) is 9.69 Å². The molecule has 0 unspecified atom stereocenters. The van der Waals surface area contributed by atoms with Crippen LogP contribution in [0.3, 0.4) is 0 Å². The van der Waals surface area contributed by atoms with Crippen LogP contribution in [0.4, 0.5) is 0 Å². The van der Waals surface area contributed by atoms with E-state index in [0.29, 0.717) is 12.5 Å². The summed E-state index contributed by atoms with van der Waals surface area (Å²) in [6, 6.07) is 0. The summed E-state index contributed by atoms with van der Waals surface area (Å²) in [6.07, 6.45) is 1.10. The van der Waals surface area contributed by atoms with E-state index in [9.17, 15) is 4.79 Å². The first-order valence-corrected chi connectivity index (χ1v) is 5.59. The number of carbonyl (C=O) groups is 1. The Morgan fingerprint density at radius 2 is 2.00 bits per heavy atom. The molecule has 0 fully saturated rings. The molecule has 0 spiro atoms. The van der Waals surface area contributed by atoms with Gasteiger partial charge in [0.05, 0.1) is 6.54 Å². The van der Waals surface area contributed by atoms with E-state index in [2.05, 4.69) is 37.9 Å².